The molecule has 0 bridgehead atoms. The number of hydrogen-bond acceptors (Lipinski definition) is 4. The maximum Gasteiger partial charge on any atom is 0.315 e. The van der Waals surface area contributed by atoms with E-state index in [1.807, 2.05) is 19.2 Å². The Kier molecular flexibility index (Phi) is 5.08. The molecule has 0 spiro atoms. The normalized spacial score (nSPS) is 13.7. The third-order valence-corrected chi connectivity index (χ3v) is 3.36. The van der Waals surface area contributed by atoms with Crippen LogP contribution in [0, 0.1) is 6.92 Å². The molecular weight excluding hydrogens is 254 g/mol. The molecule has 2 amide bonds. The molecule has 3 N–H and O–H groups in total. The number of aliphatic carboxylic acids is 1. The quantitative estimate of drug-likeness (QED) is 0.759. The smallest absolute Gasteiger partial charge is 0.315 e. The lowest BCUT2D eigenvalue weighted by Crippen LogP contribution is -2.42. The zero-order valence-corrected chi connectivity index (χ0v) is 11.4. The lowest BCUT2D eigenvalue weighted by atomic mass is 10.2. The third kappa shape index (κ3) is 4.70. The summed E-state index contributed by atoms with van der Waals surface area (Å²) in [7, 11) is 0. The van der Waals surface area contributed by atoms with Gasteiger partial charge in [-0.3, -0.25) is 4.79 Å². The van der Waals surface area contributed by atoms with Gasteiger partial charge in [-0.05, 0) is 20.8 Å². The lowest BCUT2D eigenvalue weighted by molar-refractivity contribution is -0.137. The average molecular weight is 271 g/mol. The standard InChI is InChI=1S/C11H17N3O3S/c1-6(4-9(15)16)13-11(17)14-8(3)10-12-7(2)5-18-10/h5-6,8H,4H2,1-3H3,(H,15,16)(H2,13,14,17). The van der Waals surface area contributed by atoms with Crippen LogP contribution in [0.3, 0.4) is 0 Å². The summed E-state index contributed by atoms with van der Waals surface area (Å²) in [6.45, 7) is 5.37. The minimum absolute atomic E-state index is 0.0990. The number of nitrogens with zero attached hydrogens (tertiary/aromatic N) is 1. The van der Waals surface area contributed by atoms with E-state index in [2.05, 4.69) is 15.6 Å². The number of thiazole rings is 1. The SMILES string of the molecule is Cc1csc(C(C)NC(=O)NC(C)CC(=O)O)n1. The van der Waals surface area contributed by atoms with Crippen molar-refractivity contribution in [2.45, 2.75) is 39.3 Å². The molecule has 6 nitrogen and oxygen atoms in total. The molecule has 0 aliphatic carbocycles. The summed E-state index contributed by atoms with van der Waals surface area (Å²) in [6, 6.07) is -0.988. The number of aryl methyl sites for hydroxylation is 1. The number of carboxylic acids is 1. The fourth-order valence-corrected chi connectivity index (χ4v) is 2.21. The highest BCUT2D eigenvalue weighted by Gasteiger charge is 2.15. The Labute approximate surface area is 109 Å². The van der Waals surface area contributed by atoms with Gasteiger partial charge in [0.05, 0.1) is 12.5 Å². The molecule has 0 saturated heterocycles. The number of carboxylic acid groups (broad SMARTS) is 1. The molecule has 2 unspecified atom stereocenters. The number of aromatic nitrogens is 1. The molecule has 1 heterocycles. The highest BCUT2D eigenvalue weighted by molar-refractivity contribution is 7.09. The van der Waals surface area contributed by atoms with Crippen LogP contribution < -0.4 is 10.6 Å². The van der Waals surface area contributed by atoms with E-state index in [9.17, 15) is 9.59 Å². The summed E-state index contributed by atoms with van der Waals surface area (Å²) in [6.07, 6.45) is -0.0990. The Balaban J connectivity index is 2.42. The highest BCUT2D eigenvalue weighted by Crippen LogP contribution is 2.17. The molecule has 1 aromatic heterocycles. The van der Waals surface area contributed by atoms with Gasteiger partial charge < -0.3 is 15.7 Å². The second kappa shape index (κ2) is 6.34. The van der Waals surface area contributed by atoms with Crippen molar-refractivity contribution in [2.75, 3.05) is 0 Å². The monoisotopic (exact) mass is 271 g/mol. The summed E-state index contributed by atoms with van der Waals surface area (Å²) in [5.41, 5.74) is 0.920. The first-order valence-corrected chi connectivity index (χ1v) is 6.47. The number of carbonyl (C=O) groups is 2. The summed E-state index contributed by atoms with van der Waals surface area (Å²) in [4.78, 5) is 26.3. The molecule has 0 aromatic carbocycles. The van der Waals surface area contributed by atoms with Crippen molar-refractivity contribution in [1.82, 2.24) is 15.6 Å². The van der Waals surface area contributed by atoms with E-state index in [1.54, 1.807) is 6.92 Å². The Morgan fingerprint density at radius 1 is 1.44 bits per heavy atom. The molecule has 1 rings (SSSR count). The molecule has 0 aliphatic heterocycles. The van der Waals surface area contributed by atoms with Gasteiger partial charge in [-0.25, -0.2) is 9.78 Å². The lowest BCUT2D eigenvalue weighted by Gasteiger charge is -2.15. The first kappa shape index (κ1) is 14.4. The van der Waals surface area contributed by atoms with Crippen molar-refractivity contribution in [2.24, 2.45) is 0 Å². The molecule has 18 heavy (non-hydrogen) atoms. The Morgan fingerprint density at radius 2 is 2.11 bits per heavy atom. The van der Waals surface area contributed by atoms with Crippen LogP contribution >= 0.6 is 11.3 Å². The van der Waals surface area contributed by atoms with Crippen molar-refractivity contribution in [3.63, 3.8) is 0 Å². The molecule has 1 aromatic rings. The maximum atomic E-state index is 11.6. The van der Waals surface area contributed by atoms with Crippen LogP contribution in [0.25, 0.3) is 0 Å². The van der Waals surface area contributed by atoms with E-state index in [0.717, 1.165) is 10.7 Å². The highest BCUT2D eigenvalue weighted by atomic mass is 32.1. The Bertz CT molecular complexity index is 433. The van der Waals surface area contributed by atoms with Crippen molar-refractivity contribution in [3.05, 3.63) is 16.1 Å². The van der Waals surface area contributed by atoms with Crippen molar-refractivity contribution in [3.8, 4) is 0 Å². The summed E-state index contributed by atoms with van der Waals surface area (Å²) in [5, 5.41) is 16.6. The van der Waals surface area contributed by atoms with Gasteiger partial charge >= 0.3 is 12.0 Å². The molecule has 2 atom stereocenters. The first-order chi connectivity index (χ1) is 8.38. The van der Waals surface area contributed by atoms with Gasteiger partial charge in [0.25, 0.3) is 0 Å². The summed E-state index contributed by atoms with van der Waals surface area (Å²) in [5.74, 6) is -0.939. The Hall–Kier alpha value is -1.63. The number of nitrogens with one attached hydrogen (secondary N) is 2. The van der Waals surface area contributed by atoms with Crippen LogP contribution in [0.15, 0.2) is 5.38 Å². The average Bonchev–Trinajstić information content (AvgIpc) is 2.62. The number of urea groups is 1. The molecule has 0 saturated carbocycles. The molecule has 7 heteroatoms. The van der Waals surface area contributed by atoms with Gasteiger partial charge in [0.2, 0.25) is 0 Å². The number of hydrogen-bond donors (Lipinski definition) is 3. The van der Waals surface area contributed by atoms with Crippen molar-refractivity contribution in [1.29, 1.82) is 0 Å². The van der Waals surface area contributed by atoms with E-state index in [-0.39, 0.29) is 18.5 Å². The van der Waals surface area contributed by atoms with E-state index in [4.69, 9.17) is 5.11 Å². The van der Waals surface area contributed by atoms with Gasteiger partial charge in [0.1, 0.15) is 5.01 Å². The van der Waals surface area contributed by atoms with E-state index >= 15 is 0 Å². The first-order valence-electron chi connectivity index (χ1n) is 5.59. The predicted molar refractivity (Wildman–Crippen MR) is 68.6 cm³/mol. The molecule has 0 aliphatic rings. The zero-order chi connectivity index (χ0) is 13.7. The fourth-order valence-electron chi connectivity index (χ4n) is 1.41. The Morgan fingerprint density at radius 3 is 2.61 bits per heavy atom. The fraction of sp³-hybridized carbons (Fsp3) is 0.545. The third-order valence-electron chi connectivity index (χ3n) is 2.21. The van der Waals surface area contributed by atoms with Gasteiger partial charge in [0.15, 0.2) is 0 Å². The van der Waals surface area contributed by atoms with Crippen molar-refractivity contribution < 1.29 is 14.7 Å². The predicted octanol–water partition coefficient (Wildman–Crippen LogP) is 1.67. The van der Waals surface area contributed by atoms with Gasteiger partial charge in [-0.15, -0.1) is 11.3 Å². The number of rotatable bonds is 5. The zero-order valence-electron chi connectivity index (χ0n) is 10.6. The summed E-state index contributed by atoms with van der Waals surface area (Å²) >= 11 is 1.48. The number of carbonyl (C=O) groups excluding carboxylic acids is 1. The van der Waals surface area contributed by atoms with Crippen LogP contribution in [0.2, 0.25) is 0 Å². The molecule has 0 radical (unpaired) electrons. The van der Waals surface area contributed by atoms with Crippen molar-refractivity contribution >= 4 is 23.3 Å². The molecule has 100 valence electrons. The number of amides is 2. The topological polar surface area (TPSA) is 91.3 Å². The van der Waals surface area contributed by atoms with Crippen LogP contribution in [-0.4, -0.2) is 28.1 Å². The minimum Gasteiger partial charge on any atom is -0.481 e. The van der Waals surface area contributed by atoms with Gasteiger partial charge in [-0.1, -0.05) is 0 Å². The molecular formula is C11H17N3O3S. The largest absolute Gasteiger partial charge is 0.481 e. The molecule has 0 fully saturated rings. The van der Waals surface area contributed by atoms with Crippen LogP contribution in [-0.2, 0) is 4.79 Å². The van der Waals surface area contributed by atoms with Crippen LogP contribution in [0.5, 0.6) is 0 Å². The van der Waals surface area contributed by atoms with E-state index in [0.29, 0.717) is 0 Å². The van der Waals surface area contributed by atoms with Gasteiger partial charge in [0, 0.05) is 17.1 Å². The van der Waals surface area contributed by atoms with Gasteiger partial charge in [-0.2, -0.15) is 0 Å². The second-order valence-corrected chi connectivity index (χ2v) is 5.06. The van der Waals surface area contributed by atoms with Crippen LogP contribution in [0.1, 0.15) is 37.0 Å². The van der Waals surface area contributed by atoms with Crippen LogP contribution in [0.4, 0.5) is 4.79 Å². The summed E-state index contributed by atoms with van der Waals surface area (Å²) < 4.78 is 0. The van der Waals surface area contributed by atoms with E-state index in [1.165, 1.54) is 11.3 Å². The van der Waals surface area contributed by atoms with E-state index < -0.39 is 12.0 Å². The second-order valence-electron chi connectivity index (χ2n) is 4.17. The maximum absolute atomic E-state index is 11.6. The minimum atomic E-state index is -0.939.